The molecular weight excluding hydrogens is 298 g/mol. The van der Waals surface area contributed by atoms with Gasteiger partial charge in [0.25, 0.3) is 0 Å². The van der Waals surface area contributed by atoms with Crippen LogP contribution in [0.4, 0.5) is 0 Å². The molecule has 0 fully saturated rings. The first-order chi connectivity index (χ1) is 11.8. The van der Waals surface area contributed by atoms with Crippen molar-refractivity contribution in [3.8, 4) is 5.75 Å². The van der Waals surface area contributed by atoms with Crippen LogP contribution >= 0.6 is 0 Å². The summed E-state index contributed by atoms with van der Waals surface area (Å²) in [6.07, 6.45) is 2.87. The van der Waals surface area contributed by atoms with E-state index in [4.69, 9.17) is 4.74 Å². The van der Waals surface area contributed by atoms with Gasteiger partial charge in [-0.3, -0.25) is 9.78 Å². The summed E-state index contributed by atoms with van der Waals surface area (Å²) in [6, 6.07) is 23.1. The molecule has 3 heteroatoms. The van der Waals surface area contributed by atoms with E-state index in [2.05, 4.69) is 4.98 Å². The van der Waals surface area contributed by atoms with Crippen molar-refractivity contribution in [3.63, 3.8) is 0 Å². The highest BCUT2D eigenvalue weighted by molar-refractivity contribution is 5.96. The van der Waals surface area contributed by atoms with E-state index in [1.807, 2.05) is 72.8 Å². The zero-order valence-corrected chi connectivity index (χ0v) is 13.4. The molecule has 0 radical (unpaired) electrons. The maximum Gasteiger partial charge on any atom is 0.163 e. The average molecular weight is 317 g/mol. The quantitative estimate of drug-likeness (QED) is 0.603. The van der Waals surface area contributed by atoms with E-state index in [1.165, 1.54) is 0 Å². The number of benzene rings is 2. The van der Waals surface area contributed by atoms with Crippen LogP contribution < -0.4 is 4.74 Å². The standard InChI is InChI=1S/C21H19NO2/c23-21(14-11-19-8-4-5-15-22-19)18-9-12-20(13-10-18)24-16-17-6-2-1-3-7-17/h1-10,12-13,15H,11,14,16H2. The zero-order valence-electron chi connectivity index (χ0n) is 13.4. The predicted molar refractivity (Wildman–Crippen MR) is 94.1 cm³/mol. The van der Waals surface area contributed by atoms with E-state index in [0.717, 1.165) is 17.0 Å². The van der Waals surface area contributed by atoms with E-state index >= 15 is 0 Å². The Morgan fingerprint density at radius 2 is 1.62 bits per heavy atom. The first kappa shape index (κ1) is 15.9. The molecule has 24 heavy (non-hydrogen) atoms. The molecule has 0 saturated heterocycles. The highest BCUT2D eigenvalue weighted by Gasteiger charge is 2.07. The summed E-state index contributed by atoms with van der Waals surface area (Å²) in [5, 5.41) is 0. The molecule has 120 valence electrons. The van der Waals surface area contributed by atoms with Gasteiger partial charge in [0.15, 0.2) is 5.78 Å². The first-order valence-electron chi connectivity index (χ1n) is 8.01. The summed E-state index contributed by atoms with van der Waals surface area (Å²) in [6.45, 7) is 0.522. The fourth-order valence-corrected chi connectivity index (χ4v) is 2.41. The van der Waals surface area contributed by atoms with Gasteiger partial charge in [-0.25, -0.2) is 0 Å². The third kappa shape index (κ3) is 4.53. The highest BCUT2D eigenvalue weighted by atomic mass is 16.5. The Labute approximate surface area is 142 Å². The van der Waals surface area contributed by atoms with Crippen molar-refractivity contribution in [2.75, 3.05) is 0 Å². The normalized spacial score (nSPS) is 10.3. The van der Waals surface area contributed by atoms with Crippen molar-refractivity contribution in [1.29, 1.82) is 0 Å². The number of nitrogens with zero attached hydrogens (tertiary/aromatic N) is 1. The van der Waals surface area contributed by atoms with Gasteiger partial charge in [0, 0.05) is 23.9 Å². The van der Waals surface area contributed by atoms with Crippen LogP contribution in [-0.2, 0) is 13.0 Å². The molecule has 0 saturated carbocycles. The Morgan fingerprint density at radius 3 is 2.33 bits per heavy atom. The SMILES string of the molecule is O=C(CCc1ccccn1)c1ccc(OCc2ccccc2)cc1. The fraction of sp³-hybridized carbons (Fsp3) is 0.143. The lowest BCUT2D eigenvalue weighted by molar-refractivity contribution is 0.0982. The van der Waals surface area contributed by atoms with E-state index in [1.54, 1.807) is 6.20 Å². The van der Waals surface area contributed by atoms with Crippen LogP contribution in [-0.4, -0.2) is 10.8 Å². The van der Waals surface area contributed by atoms with Crippen LogP contribution in [0, 0.1) is 0 Å². The van der Waals surface area contributed by atoms with Crippen molar-refractivity contribution < 1.29 is 9.53 Å². The third-order valence-corrected chi connectivity index (χ3v) is 3.76. The molecule has 1 heterocycles. The van der Waals surface area contributed by atoms with Gasteiger partial charge in [0.05, 0.1) is 0 Å². The van der Waals surface area contributed by atoms with E-state index < -0.39 is 0 Å². The number of carbonyl (C=O) groups is 1. The number of pyridine rings is 1. The lowest BCUT2D eigenvalue weighted by atomic mass is 10.1. The number of ether oxygens (including phenoxy) is 1. The van der Waals surface area contributed by atoms with Crippen LogP contribution in [0.3, 0.4) is 0 Å². The Balaban J connectivity index is 1.53. The highest BCUT2D eigenvalue weighted by Crippen LogP contribution is 2.16. The third-order valence-electron chi connectivity index (χ3n) is 3.76. The van der Waals surface area contributed by atoms with E-state index in [9.17, 15) is 4.79 Å². The molecule has 0 aliphatic carbocycles. The lowest BCUT2D eigenvalue weighted by Gasteiger charge is -2.07. The molecule has 2 aromatic carbocycles. The minimum atomic E-state index is 0.121. The molecule has 0 spiro atoms. The monoisotopic (exact) mass is 317 g/mol. The molecule has 0 aliphatic heterocycles. The second-order valence-corrected chi connectivity index (χ2v) is 5.54. The Hall–Kier alpha value is -2.94. The number of rotatable bonds is 7. The predicted octanol–water partition coefficient (Wildman–Crippen LogP) is 4.48. The number of hydrogen-bond acceptors (Lipinski definition) is 3. The minimum absolute atomic E-state index is 0.121. The second kappa shape index (κ2) is 8.06. The summed E-state index contributed by atoms with van der Waals surface area (Å²) >= 11 is 0. The molecule has 3 nitrogen and oxygen atoms in total. The molecular formula is C21H19NO2. The number of aromatic nitrogens is 1. The smallest absolute Gasteiger partial charge is 0.163 e. The zero-order chi connectivity index (χ0) is 16.6. The van der Waals surface area contributed by atoms with Gasteiger partial charge in [-0.2, -0.15) is 0 Å². The first-order valence-corrected chi connectivity index (χ1v) is 8.01. The molecule has 3 rings (SSSR count). The van der Waals surface area contributed by atoms with E-state index in [0.29, 0.717) is 25.0 Å². The lowest BCUT2D eigenvalue weighted by Crippen LogP contribution is -2.02. The molecule has 0 amide bonds. The van der Waals surface area contributed by atoms with Gasteiger partial charge in [-0.1, -0.05) is 36.4 Å². The summed E-state index contributed by atoms with van der Waals surface area (Å²) in [5.74, 6) is 0.885. The number of hydrogen-bond donors (Lipinski definition) is 0. The average Bonchev–Trinajstić information content (AvgIpc) is 2.66. The van der Waals surface area contributed by atoms with Crippen molar-refractivity contribution >= 4 is 5.78 Å². The number of ketones is 1. The van der Waals surface area contributed by atoms with Gasteiger partial charge in [-0.15, -0.1) is 0 Å². The van der Waals surface area contributed by atoms with Crippen molar-refractivity contribution in [2.24, 2.45) is 0 Å². The van der Waals surface area contributed by atoms with Crippen molar-refractivity contribution in [3.05, 3.63) is 95.8 Å². The maximum absolute atomic E-state index is 12.2. The Bertz CT molecular complexity index is 768. The number of aryl methyl sites for hydroxylation is 1. The van der Waals surface area contributed by atoms with Crippen LogP contribution in [0.5, 0.6) is 5.75 Å². The van der Waals surface area contributed by atoms with E-state index in [-0.39, 0.29) is 5.78 Å². The van der Waals surface area contributed by atoms with Gasteiger partial charge in [0.1, 0.15) is 12.4 Å². The van der Waals surface area contributed by atoms with Crippen LogP contribution in [0.1, 0.15) is 28.0 Å². The molecule has 0 aliphatic rings. The van der Waals surface area contributed by atoms with Gasteiger partial charge < -0.3 is 4.74 Å². The summed E-state index contributed by atoms with van der Waals surface area (Å²) < 4.78 is 5.73. The van der Waals surface area contributed by atoms with Crippen LogP contribution in [0.15, 0.2) is 79.0 Å². The molecule has 0 atom stereocenters. The summed E-state index contributed by atoms with van der Waals surface area (Å²) in [4.78, 5) is 16.5. The molecule has 0 unspecified atom stereocenters. The van der Waals surface area contributed by atoms with Crippen LogP contribution in [0.2, 0.25) is 0 Å². The largest absolute Gasteiger partial charge is 0.489 e. The molecule has 1 aromatic heterocycles. The molecule has 3 aromatic rings. The molecule has 0 N–H and O–H groups in total. The van der Waals surface area contributed by atoms with Crippen molar-refractivity contribution in [1.82, 2.24) is 4.98 Å². The van der Waals surface area contributed by atoms with Gasteiger partial charge in [0.2, 0.25) is 0 Å². The Kier molecular flexibility index (Phi) is 5.36. The molecule has 0 bridgehead atoms. The minimum Gasteiger partial charge on any atom is -0.489 e. The Morgan fingerprint density at radius 1 is 0.875 bits per heavy atom. The maximum atomic E-state index is 12.2. The summed E-state index contributed by atoms with van der Waals surface area (Å²) in [5.41, 5.74) is 2.76. The van der Waals surface area contributed by atoms with Crippen LogP contribution in [0.25, 0.3) is 0 Å². The van der Waals surface area contributed by atoms with Crippen molar-refractivity contribution in [2.45, 2.75) is 19.4 Å². The fourth-order valence-electron chi connectivity index (χ4n) is 2.41. The number of Topliss-reactive ketones (excluding diaryl/α,β-unsaturated/α-hetero) is 1. The summed E-state index contributed by atoms with van der Waals surface area (Å²) in [7, 11) is 0. The van der Waals surface area contributed by atoms with Gasteiger partial charge >= 0.3 is 0 Å². The topological polar surface area (TPSA) is 39.2 Å². The second-order valence-electron chi connectivity index (χ2n) is 5.54. The number of carbonyl (C=O) groups excluding carboxylic acids is 1. The van der Waals surface area contributed by atoms with Gasteiger partial charge in [-0.05, 0) is 48.4 Å².